The van der Waals surface area contributed by atoms with E-state index in [9.17, 15) is 58.7 Å². The molecule has 0 bridgehead atoms. The Kier molecular flexibility index (Phi) is 10.3. The molecule has 59 heavy (non-hydrogen) atoms. The van der Waals surface area contributed by atoms with Crippen LogP contribution in [0.5, 0.6) is 11.5 Å². The number of hydrazone groups is 2. The first kappa shape index (κ1) is 40.2. The molecule has 5 aromatic carbocycles. The number of fused-ring (bicyclic) bond motifs is 2. The molecule has 0 radical (unpaired) electrons. The maximum Gasteiger partial charge on any atom is 0.297 e. The fraction of sp³-hybridized carbons (Fsp3) is 0. The average Bonchev–Trinajstić information content (AvgIpc) is 3.16. The summed E-state index contributed by atoms with van der Waals surface area (Å²) in [4.78, 5) is 23.9. The molecule has 0 heterocycles. The van der Waals surface area contributed by atoms with Crippen LogP contribution in [0.4, 0.5) is 22.7 Å². The minimum Gasteiger partial charge on any atom is -0.506 e. The second-order valence-corrected chi connectivity index (χ2v) is 16.9. The zero-order valence-electron chi connectivity index (χ0n) is 29.6. The molecule has 0 amide bonds. The Bertz CT molecular complexity index is 3220. The van der Waals surface area contributed by atoms with Crippen LogP contribution < -0.4 is 26.6 Å². The number of carbonyl (C=O) groups is 2. The highest BCUT2D eigenvalue weighted by Crippen LogP contribution is 2.35. The van der Waals surface area contributed by atoms with Crippen molar-refractivity contribution in [1.82, 2.24) is 0 Å². The van der Waals surface area contributed by atoms with Crippen molar-refractivity contribution in [2.75, 3.05) is 16.2 Å². The van der Waals surface area contributed by atoms with Crippen molar-refractivity contribution in [2.45, 2.75) is 4.90 Å². The van der Waals surface area contributed by atoms with Gasteiger partial charge in [-0.2, -0.15) is 35.5 Å². The predicted molar refractivity (Wildman–Crippen MR) is 217 cm³/mol. The van der Waals surface area contributed by atoms with Crippen molar-refractivity contribution in [3.8, 4) is 22.6 Å². The summed E-state index contributed by atoms with van der Waals surface area (Å²) in [5.74, 6) is -3.09. The molecule has 5 aromatic rings. The number of aromatic hydroxyl groups is 2. The lowest BCUT2D eigenvalue weighted by Crippen LogP contribution is -2.40. The number of para-hydroxylation sites is 1. The Balaban J connectivity index is 1.14. The van der Waals surface area contributed by atoms with E-state index in [1.165, 1.54) is 54.6 Å². The van der Waals surface area contributed by atoms with E-state index in [4.69, 9.17) is 0 Å². The van der Waals surface area contributed by atoms with Crippen molar-refractivity contribution in [3.05, 3.63) is 130 Å². The Hall–Kier alpha value is -7.01. The van der Waals surface area contributed by atoms with Crippen LogP contribution in [0.25, 0.3) is 28.2 Å². The average molecular weight is 858 g/mol. The minimum atomic E-state index is -5.11. The third kappa shape index (κ3) is 8.22. The van der Waals surface area contributed by atoms with Gasteiger partial charge in [0.1, 0.15) is 26.2 Å². The zero-order chi connectivity index (χ0) is 42.4. The van der Waals surface area contributed by atoms with Crippen molar-refractivity contribution in [2.24, 2.45) is 10.2 Å². The topological polar surface area (TPSA) is 299 Å². The second-order valence-electron chi connectivity index (χ2n) is 12.7. The number of allylic oxidation sites excluding steroid dienone is 1. The first-order chi connectivity index (χ1) is 27.8. The van der Waals surface area contributed by atoms with Crippen molar-refractivity contribution in [1.29, 1.82) is 0 Å². The summed E-state index contributed by atoms with van der Waals surface area (Å²) in [6, 6.07) is 24.7. The number of Topliss-reactive ketones (excluding diaryl/α,β-unsaturated/α-hetero) is 2. The van der Waals surface area contributed by atoms with Crippen LogP contribution in [0.1, 0.15) is 15.9 Å². The summed E-state index contributed by atoms with van der Waals surface area (Å²) in [7, 11) is -15.1. The van der Waals surface area contributed by atoms with E-state index >= 15 is 0 Å². The Morgan fingerprint density at radius 2 is 1.17 bits per heavy atom. The van der Waals surface area contributed by atoms with Crippen LogP contribution in [-0.4, -0.2) is 72.1 Å². The standard InChI is InChI=1S/C38H27N5O13S3/c44-29-16-20(9-13-27(29)40-42-35-31(46)18-23-15-25(39-24-6-2-1-3-7-24)11-12-26(23)38(35)59(54,55)56)21-10-14-28(30(45)17-21)41-43-36-33(58(51,52)53)19-22-5-4-8-32(57(48,49)50)34(22)37(36)47/h1-19,39-41,44-45H,(H,48,49,50)(H,51,52,53)(H,54,55,56). The maximum atomic E-state index is 13.3. The quantitative estimate of drug-likeness (QED) is 0.0567. The third-order valence-electron chi connectivity index (χ3n) is 8.83. The van der Waals surface area contributed by atoms with Gasteiger partial charge in [-0.1, -0.05) is 48.5 Å². The van der Waals surface area contributed by atoms with Gasteiger partial charge in [0.2, 0.25) is 11.6 Å². The lowest BCUT2D eigenvalue weighted by molar-refractivity contribution is -0.107. The molecular weight excluding hydrogens is 831 g/mol. The molecule has 0 atom stereocenters. The molecule has 8 N–H and O–H groups in total. The van der Waals surface area contributed by atoms with Crippen molar-refractivity contribution < 1.29 is 58.7 Å². The highest BCUT2D eigenvalue weighted by Gasteiger charge is 2.36. The highest BCUT2D eigenvalue weighted by molar-refractivity contribution is 7.96. The van der Waals surface area contributed by atoms with Crippen LogP contribution in [0, 0.1) is 0 Å². The first-order valence-corrected chi connectivity index (χ1v) is 21.0. The molecule has 0 aromatic heterocycles. The van der Waals surface area contributed by atoms with Crippen LogP contribution in [-0.2, 0) is 35.1 Å². The predicted octanol–water partition coefficient (Wildman–Crippen LogP) is 3.48. The number of hydrogen-bond donors (Lipinski definition) is 8. The molecule has 21 heteroatoms. The smallest absolute Gasteiger partial charge is 0.297 e. The van der Waals surface area contributed by atoms with Gasteiger partial charge in [-0.05, 0) is 88.7 Å². The number of nitrogens with one attached hydrogen (secondary N) is 3. The number of ketones is 2. The SMILES string of the molecule is O=C1C=c2cc(Nc3ccccc3)ccc2=C(S(=O)(=O)O)C1=NNc1ccc(-c2ccc(NN=C3C(=O)c4c(cccc4S(=O)(=O)O)C=C3S(=O)(=O)O)c(O)c2)cc1O. The normalized spacial score (nSPS) is 15.6. The summed E-state index contributed by atoms with van der Waals surface area (Å²) in [6.45, 7) is 0. The molecular formula is C38H27N5O13S3. The zero-order valence-corrected chi connectivity index (χ0v) is 32.0. The number of carbonyl (C=O) groups excluding carboxylic acids is 2. The molecule has 0 unspecified atom stereocenters. The largest absolute Gasteiger partial charge is 0.506 e. The molecule has 18 nitrogen and oxygen atoms in total. The minimum absolute atomic E-state index is 0.00673. The van der Waals surface area contributed by atoms with Gasteiger partial charge in [0, 0.05) is 16.6 Å². The monoisotopic (exact) mass is 857 g/mol. The van der Waals surface area contributed by atoms with E-state index < -0.39 is 85.1 Å². The molecule has 2 aliphatic carbocycles. The Morgan fingerprint density at radius 3 is 1.73 bits per heavy atom. The van der Waals surface area contributed by atoms with Crippen molar-refractivity contribution in [3.63, 3.8) is 0 Å². The number of phenols is 2. The summed E-state index contributed by atoms with van der Waals surface area (Å²) >= 11 is 0. The van der Waals surface area contributed by atoms with Crippen LogP contribution in [0.3, 0.4) is 0 Å². The van der Waals surface area contributed by atoms with E-state index in [1.807, 2.05) is 30.3 Å². The number of rotatable bonds is 10. The van der Waals surface area contributed by atoms with E-state index in [-0.39, 0.29) is 27.4 Å². The molecule has 0 saturated heterocycles. The molecule has 7 rings (SSSR count). The van der Waals surface area contributed by atoms with Gasteiger partial charge in [-0.3, -0.25) is 34.1 Å². The fourth-order valence-corrected chi connectivity index (χ4v) is 8.42. The fourth-order valence-electron chi connectivity index (χ4n) is 6.18. The summed E-state index contributed by atoms with van der Waals surface area (Å²) < 4.78 is 103. The lowest BCUT2D eigenvalue weighted by atomic mass is 9.94. The molecule has 0 saturated carbocycles. The lowest BCUT2D eigenvalue weighted by Gasteiger charge is -2.18. The molecule has 0 aliphatic heterocycles. The number of anilines is 4. The number of nitrogens with zero attached hydrogens (tertiary/aromatic N) is 2. The molecule has 0 spiro atoms. The van der Waals surface area contributed by atoms with Gasteiger partial charge < -0.3 is 15.5 Å². The van der Waals surface area contributed by atoms with Gasteiger partial charge in [0.05, 0.1) is 16.9 Å². The molecule has 300 valence electrons. The van der Waals surface area contributed by atoms with Crippen molar-refractivity contribution >= 4 is 93.2 Å². The van der Waals surface area contributed by atoms with Gasteiger partial charge in [0.25, 0.3) is 30.4 Å². The van der Waals surface area contributed by atoms with Gasteiger partial charge in [-0.15, -0.1) is 0 Å². The Morgan fingerprint density at radius 1 is 0.559 bits per heavy atom. The number of phenolic OH excluding ortho intramolecular Hbond substituents is 2. The highest BCUT2D eigenvalue weighted by atomic mass is 32.2. The van der Waals surface area contributed by atoms with Crippen LogP contribution in [0.2, 0.25) is 0 Å². The number of benzene rings is 5. The second kappa shape index (κ2) is 15.1. The summed E-state index contributed by atoms with van der Waals surface area (Å²) in [5, 5.41) is 32.6. The van der Waals surface area contributed by atoms with E-state index in [2.05, 4.69) is 26.4 Å². The van der Waals surface area contributed by atoms with E-state index in [0.717, 1.165) is 30.0 Å². The Labute approximate surface area is 334 Å². The van der Waals surface area contributed by atoms with Gasteiger partial charge >= 0.3 is 0 Å². The molecule has 0 fully saturated rings. The maximum absolute atomic E-state index is 13.3. The molecule has 2 aliphatic rings. The first-order valence-electron chi connectivity index (χ1n) is 16.7. The van der Waals surface area contributed by atoms with Gasteiger partial charge in [0.15, 0.2) is 11.4 Å². The summed E-state index contributed by atoms with van der Waals surface area (Å²) in [5.41, 5.74) is 3.90. The third-order valence-corrected chi connectivity index (χ3v) is 11.5. The summed E-state index contributed by atoms with van der Waals surface area (Å²) in [6.07, 6.45) is 1.94. The van der Waals surface area contributed by atoms with Crippen LogP contribution >= 0.6 is 0 Å². The van der Waals surface area contributed by atoms with Gasteiger partial charge in [-0.25, -0.2) is 0 Å². The van der Waals surface area contributed by atoms with E-state index in [1.54, 1.807) is 6.07 Å². The van der Waals surface area contributed by atoms with Crippen LogP contribution in [0.15, 0.2) is 123 Å². The number of hydrogen-bond acceptors (Lipinski definition) is 15. The van der Waals surface area contributed by atoms with E-state index in [0.29, 0.717) is 16.8 Å².